The molecular formula is C20H22N4O2. The molecule has 0 unspecified atom stereocenters. The Hall–Kier alpha value is -3.15. The van der Waals surface area contributed by atoms with Crippen molar-refractivity contribution < 1.29 is 9.32 Å². The Morgan fingerprint density at radius 2 is 1.88 bits per heavy atom. The molecule has 2 aromatic carbocycles. The Kier molecular flexibility index (Phi) is 5.31. The molecule has 0 fully saturated rings. The summed E-state index contributed by atoms with van der Waals surface area (Å²) in [4.78, 5) is 16.2. The van der Waals surface area contributed by atoms with Crippen molar-refractivity contribution in [2.45, 2.75) is 27.2 Å². The molecule has 1 aromatic heterocycles. The molecule has 0 spiro atoms. The van der Waals surface area contributed by atoms with E-state index in [4.69, 9.17) is 4.52 Å². The van der Waals surface area contributed by atoms with Gasteiger partial charge in [-0.1, -0.05) is 29.8 Å². The second-order valence-corrected chi connectivity index (χ2v) is 6.20. The number of carbonyl (C=O) groups is 1. The predicted molar refractivity (Wildman–Crippen MR) is 102 cm³/mol. The average Bonchev–Trinajstić information content (AvgIpc) is 3.10. The van der Waals surface area contributed by atoms with E-state index in [2.05, 4.69) is 26.8 Å². The Balaban J connectivity index is 1.74. The second-order valence-electron chi connectivity index (χ2n) is 6.20. The van der Waals surface area contributed by atoms with E-state index in [-0.39, 0.29) is 6.03 Å². The molecule has 0 aliphatic carbocycles. The van der Waals surface area contributed by atoms with Gasteiger partial charge in [0.2, 0.25) is 5.82 Å². The number of urea groups is 1. The summed E-state index contributed by atoms with van der Waals surface area (Å²) in [5.41, 5.74) is 4.75. The third kappa shape index (κ3) is 4.08. The van der Waals surface area contributed by atoms with Gasteiger partial charge < -0.3 is 15.2 Å². The van der Waals surface area contributed by atoms with Crippen molar-refractivity contribution in [3.63, 3.8) is 0 Å². The highest BCUT2D eigenvalue weighted by atomic mass is 16.5. The number of aryl methyl sites for hydroxylation is 2. The molecule has 6 heteroatoms. The number of anilines is 1. The summed E-state index contributed by atoms with van der Waals surface area (Å²) >= 11 is 0. The maximum absolute atomic E-state index is 11.7. The molecule has 1 heterocycles. The molecule has 26 heavy (non-hydrogen) atoms. The van der Waals surface area contributed by atoms with E-state index in [0.717, 1.165) is 23.1 Å². The highest BCUT2D eigenvalue weighted by Gasteiger charge is 2.13. The van der Waals surface area contributed by atoms with Crippen molar-refractivity contribution >= 4 is 11.7 Å². The van der Waals surface area contributed by atoms with Gasteiger partial charge in [0.05, 0.1) is 0 Å². The summed E-state index contributed by atoms with van der Waals surface area (Å²) in [6.07, 6.45) is 0.896. The number of aromatic nitrogens is 2. The first-order valence-electron chi connectivity index (χ1n) is 8.63. The molecule has 2 N–H and O–H groups in total. The lowest BCUT2D eigenvalue weighted by molar-refractivity contribution is 0.252. The summed E-state index contributed by atoms with van der Waals surface area (Å²) in [7, 11) is 0. The van der Waals surface area contributed by atoms with Gasteiger partial charge in [-0.25, -0.2) is 4.79 Å². The zero-order chi connectivity index (χ0) is 18.5. The lowest BCUT2D eigenvalue weighted by Gasteiger charge is -2.06. The Bertz CT molecular complexity index is 900. The Labute approximate surface area is 152 Å². The first-order chi connectivity index (χ1) is 12.6. The fourth-order valence-electron chi connectivity index (χ4n) is 2.62. The summed E-state index contributed by atoms with van der Waals surface area (Å²) < 4.78 is 5.42. The van der Waals surface area contributed by atoms with Crippen molar-refractivity contribution in [3.05, 3.63) is 53.6 Å². The molecule has 134 valence electrons. The second kappa shape index (κ2) is 7.82. The molecule has 3 aromatic rings. The molecule has 0 aliphatic rings. The van der Waals surface area contributed by atoms with Crippen molar-refractivity contribution in [2.75, 3.05) is 11.9 Å². The molecule has 0 bridgehead atoms. The van der Waals surface area contributed by atoms with Gasteiger partial charge in [0.1, 0.15) is 0 Å². The van der Waals surface area contributed by atoms with Crippen LogP contribution in [-0.2, 0) is 0 Å². The molecule has 0 atom stereocenters. The number of nitrogens with one attached hydrogen (secondary N) is 2. The van der Waals surface area contributed by atoms with E-state index in [9.17, 15) is 4.79 Å². The van der Waals surface area contributed by atoms with Gasteiger partial charge in [-0.05, 0) is 56.2 Å². The normalized spacial score (nSPS) is 10.6. The monoisotopic (exact) mass is 350 g/mol. The Morgan fingerprint density at radius 1 is 1.12 bits per heavy atom. The molecule has 2 amide bonds. The maximum Gasteiger partial charge on any atom is 0.319 e. The highest BCUT2D eigenvalue weighted by Crippen LogP contribution is 2.26. The van der Waals surface area contributed by atoms with E-state index in [1.54, 1.807) is 0 Å². The first kappa shape index (κ1) is 17.7. The van der Waals surface area contributed by atoms with Crippen LogP contribution in [0, 0.1) is 13.8 Å². The van der Waals surface area contributed by atoms with Crippen LogP contribution in [0.5, 0.6) is 0 Å². The van der Waals surface area contributed by atoms with E-state index >= 15 is 0 Å². The lowest BCUT2D eigenvalue weighted by atomic mass is 10.1. The zero-order valence-corrected chi connectivity index (χ0v) is 15.2. The smallest absolute Gasteiger partial charge is 0.319 e. The van der Waals surface area contributed by atoms with Crippen LogP contribution in [-0.4, -0.2) is 22.7 Å². The van der Waals surface area contributed by atoms with Gasteiger partial charge in [-0.15, -0.1) is 0 Å². The van der Waals surface area contributed by atoms with Crippen LogP contribution in [0.3, 0.4) is 0 Å². The van der Waals surface area contributed by atoms with Crippen molar-refractivity contribution in [2.24, 2.45) is 0 Å². The number of amides is 2. The third-order valence-corrected chi connectivity index (χ3v) is 3.97. The van der Waals surface area contributed by atoms with Crippen LogP contribution in [0.25, 0.3) is 22.8 Å². The van der Waals surface area contributed by atoms with Gasteiger partial charge in [-0.3, -0.25) is 0 Å². The molecular weight excluding hydrogens is 328 g/mol. The van der Waals surface area contributed by atoms with Gasteiger partial charge >= 0.3 is 6.03 Å². The van der Waals surface area contributed by atoms with Crippen LogP contribution >= 0.6 is 0 Å². The van der Waals surface area contributed by atoms with E-state index in [1.165, 1.54) is 5.56 Å². The zero-order valence-electron chi connectivity index (χ0n) is 15.2. The summed E-state index contributed by atoms with van der Waals surface area (Å²) in [5, 5.41) is 9.62. The number of carbonyl (C=O) groups excluding carboxylic acids is 1. The quantitative estimate of drug-likeness (QED) is 0.707. The van der Waals surface area contributed by atoms with Crippen molar-refractivity contribution in [1.29, 1.82) is 0 Å². The molecule has 0 aliphatic heterocycles. The topological polar surface area (TPSA) is 80.0 Å². The number of hydrogen-bond donors (Lipinski definition) is 2. The summed E-state index contributed by atoms with van der Waals surface area (Å²) in [5.74, 6) is 1.01. The van der Waals surface area contributed by atoms with Crippen molar-refractivity contribution in [1.82, 2.24) is 15.5 Å². The average molecular weight is 350 g/mol. The van der Waals surface area contributed by atoms with E-state index < -0.39 is 0 Å². The molecule has 0 saturated heterocycles. The van der Waals surface area contributed by atoms with Crippen LogP contribution in [0.4, 0.5) is 10.5 Å². The van der Waals surface area contributed by atoms with E-state index in [1.807, 2.05) is 57.2 Å². The van der Waals surface area contributed by atoms with Gasteiger partial charge in [0.15, 0.2) is 0 Å². The number of rotatable bonds is 5. The number of nitrogens with zero attached hydrogens (tertiary/aromatic N) is 2. The fraction of sp³-hybridized carbons (Fsp3) is 0.250. The molecule has 3 rings (SSSR count). The van der Waals surface area contributed by atoms with Gasteiger partial charge in [0, 0.05) is 23.4 Å². The predicted octanol–water partition coefficient (Wildman–Crippen LogP) is 4.55. The first-order valence-corrected chi connectivity index (χ1v) is 8.63. The number of benzene rings is 2. The minimum absolute atomic E-state index is 0.212. The van der Waals surface area contributed by atoms with E-state index in [0.29, 0.717) is 23.9 Å². The standard InChI is InChI=1S/C20H22N4O2/c1-4-11-21-20(25)22-16-8-6-15(7-9-16)18-23-19(26-24-18)17-10-5-13(2)12-14(17)3/h5-10,12H,4,11H2,1-3H3,(H2,21,22,25). The molecule has 0 radical (unpaired) electrons. The minimum Gasteiger partial charge on any atom is -0.338 e. The summed E-state index contributed by atoms with van der Waals surface area (Å²) in [6.45, 7) is 6.73. The maximum atomic E-state index is 11.7. The van der Waals surface area contributed by atoms with Crippen molar-refractivity contribution in [3.8, 4) is 22.8 Å². The van der Waals surface area contributed by atoms with Crippen LogP contribution in [0.2, 0.25) is 0 Å². The highest BCUT2D eigenvalue weighted by molar-refractivity contribution is 5.89. The number of hydrogen-bond acceptors (Lipinski definition) is 4. The molecule has 6 nitrogen and oxygen atoms in total. The molecule has 0 saturated carbocycles. The van der Waals surface area contributed by atoms with Crippen LogP contribution in [0.1, 0.15) is 24.5 Å². The fourth-order valence-corrected chi connectivity index (χ4v) is 2.62. The SMILES string of the molecule is CCCNC(=O)Nc1ccc(-c2noc(-c3ccc(C)cc3C)n2)cc1. The Morgan fingerprint density at radius 3 is 2.58 bits per heavy atom. The minimum atomic E-state index is -0.212. The van der Waals surface area contributed by atoms with Gasteiger partial charge in [0.25, 0.3) is 5.89 Å². The van der Waals surface area contributed by atoms with Crippen LogP contribution < -0.4 is 10.6 Å². The largest absolute Gasteiger partial charge is 0.338 e. The van der Waals surface area contributed by atoms with Gasteiger partial charge in [-0.2, -0.15) is 4.98 Å². The van der Waals surface area contributed by atoms with Crippen LogP contribution in [0.15, 0.2) is 47.0 Å². The lowest BCUT2D eigenvalue weighted by Crippen LogP contribution is -2.29. The summed E-state index contributed by atoms with van der Waals surface area (Å²) in [6, 6.07) is 13.2. The third-order valence-electron chi connectivity index (χ3n) is 3.97.